The summed E-state index contributed by atoms with van der Waals surface area (Å²) in [6.45, 7) is 1.53. The van der Waals surface area contributed by atoms with Crippen LogP contribution in [0, 0.1) is 12.3 Å². The smallest absolute Gasteiger partial charge is 0.236 e. The predicted molar refractivity (Wildman–Crippen MR) is 75.7 cm³/mol. The summed E-state index contributed by atoms with van der Waals surface area (Å²) in [5.74, 6) is 3.86. The van der Waals surface area contributed by atoms with Crippen molar-refractivity contribution in [3.05, 3.63) is 24.3 Å². The zero-order valence-corrected chi connectivity index (χ0v) is 11.5. The molecule has 0 spiro atoms. The Bertz CT molecular complexity index is 510. The van der Waals surface area contributed by atoms with Crippen LogP contribution in [0.4, 0.5) is 0 Å². The first kappa shape index (κ1) is 14.2. The van der Waals surface area contributed by atoms with Crippen molar-refractivity contribution in [2.75, 3.05) is 33.3 Å². The van der Waals surface area contributed by atoms with Crippen molar-refractivity contribution in [2.45, 2.75) is 6.10 Å². The molecule has 2 rings (SSSR count). The van der Waals surface area contributed by atoms with Crippen molar-refractivity contribution in [3.8, 4) is 23.8 Å². The van der Waals surface area contributed by atoms with Crippen molar-refractivity contribution in [1.29, 1.82) is 0 Å². The van der Waals surface area contributed by atoms with Crippen LogP contribution in [0.15, 0.2) is 24.3 Å². The molecule has 0 bridgehead atoms. The molecule has 0 aliphatic carbocycles. The highest BCUT2D eigenvalue weighted by Crippen LogP contribution is 2.30. The number of fused-ring (bicyclic) bond motifs is 1. The van der Waals surface area contributed by atoms with Gasteiger partial charge in [0.15, 0.2) is 17.6 Å². The molecule has 106 valence electrons. The molecule has 1 aromatic carbocycles. The van der Waals surface area contributed by atoms with Gasteiger partial charge in [0.1, 0.15) is 6.61 Å². The molecule has 1 heterocycles. The topological polar surface area (TPSA) is 50.8 Å². The highest BCUT2D eigenvalue weighted by molar-refractivity contribution is 5.78. The number of terminal acetylenes is 1. The number of hydrogen-bond donors (Lipinski definition) is 1. The van der Waals surface area contributed by atoms with Gasteiger partial charge in [0.05, 0.1) is 19.6 Å². The van der Waals surface area contributed by atoms with Crippen molar-refractivity contribution in [1.82, 2.24) is 10.2 Å². The minimum absolute atomic E-state index is 0.0253. The lowest BCUT2D eigenvalue weighted by molar-refractivity contribution is -0.130. The van der Waals surface area contributed by atoms with Gasteiger partial charge in [-0.05, 0) is 12.1 Å². The van der Waals surface area contributed by atoms with Crippen LogP contribution in [-0.2, 0) is 4.79 Å². The molecular formula is C15H18N2O3. The van der Waals surface area contributed by atoms with E-state index in [0.29, 0.717) is 19.7 Å². The van der Waals surface area contributed by atoms with Crippen LogP contribution in [0.2, 0.25) is 0 Å². The first-order chi connectivity index (χ1) is 9.70. The maximum atomic E-state index is 11.8. The standard InChI is InChI=1S/C15H18N2O3/c1-3-8-16-9-15(18)17(2)10-12-11-19-13-6-4-5-7-14(13)20-12/h1,4-7,12,16H,8-11H2,2H3. The lowest BCUT2D eigenvalue weighted by Gasteiger charge is -2.29. The van der Waals surface area contributed by atoms with E-state index in [0.717, 1.165) is 11.5 Å². The second-order valence-electron chi connectivity index (χ2n) is 4.58. The molecule has 1 aliphatic heterocycles. The van der Waals surface area contributed by atoms with Gasteiger partial charge in [0.2, 0.25) is 5.91 Å². The molecule has 5 heteroatoms. The van der Waals surface area contributed by atoms with Gasteiger partial charge in [0, 0.05) is 7.05 Å². The average molecular weight is 274 g/mol. The Labute approximate surface area is 118 Å². The largest absolute Gasteiger partial charge is 0.486 e. The number of para-hydroxylation sites is 2. The minimum atomic E-state index is -0.161. The van der Waals surface area contributed by atoms with Crippen LogP contribution in [0.25, 0.3) is 0 Å². The van der Waals surface area contributed by atoms with Crippen LogP contribution >= 0.6 is 0 Å². The van der Waals surface area contributed by atoms with E-state index in [2.05, 4.69) is 11.2 Å². The highest BCUT2D eigenvalue weighted by Gasteiger charge is 2.23. The summed E-state index contributed by atoms with van der Waals surface area (Å²) < 4.78 is 11.4. The molecule has 20 heavy (non-hydrogen) atoms. The van der Waals surface area contributed by atoms with Gasteiger partial charge in [-0.3, -0.25) is 10.1 Å². The number of amides is 1. The first-order valence-corrected chi connectivity index (χ1v) is 6.47. The third-order valence-corrected chi connectivity index (χ3v) is 2.97. The molecular weight excluding hydrogens is 256 g/mol. The Kier molecular flexibility index (Phi) is 4.85. The van der Waals surface area contributed by atoms with E-state index in [1.165, 1.54) is 0 Å². The molecule has 0 radical (unpaired) electrons. The lowest BCUT2D eigenvalue weighted by Crippen LogP contribution is -2.44. The predicted octanol–water partition coefficient (Wildman–Crippen LogP) is 0.508. The molecule has 1 unspecified atom stereocenters. The van der Waals surface area contributed by atoms with E-state index < -0.39 is 0 Å². The molecule has 1 N–H and O–H groups in total. The quantitative estimate of drug-likeness (QED) is 0.628. The van der Waals surface area contributed by atoms with Gasteiger partial charge in [-0.1, -0.05) is 18.1 Å². The number of nitrogens with zero attached hydrogens (tertiary/aromatic N) is 1. The van der Waals surface area contributed by atoms with Crippen LogP contribution < -0.4 is 14.8 Å². The molecule has 5 nitrogen and oxygen atoms in total. The monoisotopic (exact) mass is 274 g/mol. The molecule has 1 aromatic rings. The van der Waals surface area contributed by atoms with E-state index >= 15 is 0 Å². The summed E-state index contributed by atoms with van der Waals surface area (Å²) in [4.78, 5) is 13.5. The van der Waals surface area contributed by atoms with Gasteiger partial charge in [-0.15, -0.1) is 6.42 Å². The molecule has 0 saturated carbocycles. The van der Waals surface area contributed by atoms with E-state index in [9.17, 15) is 4.79 Å². The molecule has 1 atom stereocenters. The fourth-order valence-electron chi connectivity index (χ4n) is 1.94. The van der Waals surface area contributed by atoms with Crippen molar-refractivity contribution in [3.63, 3.8) is 0 Å². The fourth-order valence-corrected chi connectivity index (χ4v) is 1.94. The fraction of sp³-hybridized carbons (Fsp3) is 0.400. The van der Waals surface area contributed by atoms with Crippen LogP contribution in [0.3, 0.4) is 0 Å². The van der Waals surface area contributed by atoms with E-state index in [4.69, 9.17) is 15.9 Å². The van der Waals surface area contributed by atoms with Gasteiger partial charge < -0.3 is 14.4 Å². The van der Waals surface area contributed by atoms with Gasteiger partial charge in [-0.25, -0.2) is 0 Å². The maximum Gasteiger partial charge on any atom is 0.236 e. The average Bonchev–Trinajstić information content (AvgIpc) is 2.47. The summed E-state index contributed by atoms with van der Waals surface area (Å²) in [5, 5.41) is 2.87. The lowest BCUT2D eigenvalue weighted by atomic mass is 10.2. The number of carbonyl (C=O) groups is 1. The number of hydrogen-bond acceptors (Lipinski definition) is 4. The molecule has 1 aliphatic rings. The Morgan fingerprint density at radius 2 is 2.25 bits per heavy atom. The van der Waals surface area contributed by atoms with Gasteiger partial charge >= 0.3 is 0 Å². The molecule has 0 saturated heterocycles. The van der Waals surface area contributed by atoms with Crippen molar-refractivity contribution >= 4 is 5.91 Å². The normalized spacial score (nSPS) is 16.3. The molecule has 0 aromatic heterocycles. The number of likely N-dealkylation sites (N-methyl/N-ethyl adjacent to an activating group) is 1. The highest BCUT2D eigenvalue weighted by atomic mass is 16.6. The second-order valence-corrected chi connectivity index (χ2v) is 4.58. The van der Waals surface area contributed by atoms with Crippen LogP contribution in [0.1, 0.15) is 0 Å². The number of rotatable bonds is 5. The Morgan fingerprint density at radius 1 is 1.50 bits per heavy atom. The third kappa shape index (κ3) is 3.65. The summed E-state index contributed by atoms with van der Waals surface area (Å²) in [6.07, 6.45) is 4.95. The van der Waals surface area contributed by atoms with E-state index in [-0.39, 0.29) is 18.6 Å². The number of nitrogens with one attached hydrogen (secondary N) is 1. The number of carbonyl (C=O) groups excluding carboxylic acids is 1. The third-order valence-electron chi connectivity index (χ3n) is 2.97. The zero-order chi connectivity index (χ0) is 14.4. The van der Waals surface area contributed by atoms with Crippen LogP contribution in [-0.4, -0.2) is 50.2 Å². The minimum Gasteiger partial charge on any atom is -0.486 e. The maximum absolute atomic E-state index is 11.8. The van der Waals surface area contributed by atoms with Crippen LogP contribution in [0.5, 0.6) is 11.5 Å². The first-order valence-electron chi connectivity index (χ1n) is 6.47. The van der Waals surface area contributed by atoms with E-state index in [1.54, 1.807) is 11.9 Å². The second kappa shape index (κ2) is 6.83. The molecule has 1 amide bonds. The van der Waals surface area contributed by atoms with E-state index in [1.807, 2.05) is 24.3 Å². The zero-order valence-electron chi connectivity index (χ0n) is 11.5. The summed E-state index contributed by atoms with van der Waals surface area (Å²) in [6, 6.07) is 7.51. The van der Waals surface area contributed by atoms with Crippen molar-refractivity contribution < 1.29 is 14.3 Å². The summed E-state index contributed by atoms with van der Waals surface area (Å²) in [7, 11) is 1.74. The van der Waals surface area contributed by atoms with Crippen molar-refractivity contribution in [2.24, 2.45) is 0 Å². The Morgan fingerprint density at radius 3 is 3.00 bits per heavy atom. The molecule has 0 fully saturated rings. The SMILES string of the molecule is C#CCNCC(=O)N(C)CC1COc2ccccc2O1. The number of ether oxygens (including phenoxy) is 2. The summed E-state index contributed by atoms with van der Waals surface area (Å²) >= 11 is 0. The van der Waals surface area contributed by atoms with Gasteiger partial charge in [-0.2, -0.15) is 0 Å². The number of benzene rings is 1. The Balaban J connectivity index is 1.83. The Hall–Kier alpha value is -2.19. The summed E-state index contributed by atoms with van der Waals surface area (Å²) in [5.41, 5.74) is 0. The van der Waals surface area contributed by atoms with Gasteiger partial charge in [0.25, 0.3) is 0 Å².